The third-order valence-corrected chi connectivity index (χ3v) is 5.84. The monoisotopic (exact) mass is 370 g/mol. The van der Waals surface area contributed by atoms with Gasteiger partial charge in [0.05, 0.1) is 10.0 Å². The largest absolute Gasteiger partial charge is 0.303 e. The molecule has 0 unspecified atom stereocenters. The van der Waals surface area contributed by atoms with Crippen LogP contribution in [0.15, 0.2) is 18.2 Å². The minimum Gasteiger partial charge on any atom is -0.303 e. The number of hydrogen-bond donors (Lipinski definition) is 0. The molecule has 0 N–H and O–H groups in total. The second-order valence-corrected chi connectivity index (χ2v) is 8.23. The summed E-state index contributed by atoms with van der Waals surface area (Å²) in [6, 6.07) is 6.70. The average molecular weight is 371 g/mol. The zero-order valence-corrected chi connectivity index (χ0v) is 16.9. The molecule has 1 saturated heterocycles. The summed E-state index contributed by atoms with van der Waals surface area (Å²) in [5.74, 6) is 0.823. The van der Waals surface area contributed by atoms with E-state index in [4.69, 9.17) is 23.2 Å². The van der Waals surface area contributed by atoms with Gasteiger partial charge in [-0.1, -0.05) is 50.0 Å². The van der Waals surface area contributed by atoms with E-state index >= 15 is 0 Å². The van der Waals surface area contributed by atoms with Crippen molar-refractivity contribution in [2.75, 3.05) is 26.2 Å². The highest BCUT2D eigenvalue weighted by molar-refractivity contribution is 6.42. The Bertz CT molecular complexity index is 496. The molecule has 0 spiro atoms. The Hall–Kier alpha value is -0.280. The second-order valence-electron chi connectivity index (χ2n) is 7.42. The Morgan fingerprint density at radius 2 is 1.88 bits per heavy atom. The van der Waals surface area contributed by atoms with Gasteiger partial charge in [0.25, 0.3) is 0 Å². The van der Waals surface area contributed by atoms with Crippen LogP contribution in [0.5, 0.6) is 0 Å². The normalized spacial score (nSPS) is 17.1. The van der Waals surface area contributed by atoms with Crippen LogP contribution in [0.1, 0.15) is 52.0 Å². The molecule has 1 fully saturated rings. The van der Waals surface area contributed by atoms with Gasteiger partial charge in [-0.3, -0.25) is 4.90 Å². The Balaban J connectivity index is 1.81. The summed E-state index contributed by atoms with van der Waals surface area (Å²) in [7, 11) is 0. The summed E-state index contributed by atoms with van der Waals surface area (Å²) < 4.78 is 0. The third kappa shape index (κ3) is 6.22. The maximum Gasteiger partial charge on any atom is 0.0595 e. The van der Waals surface area contributed by atoms with Crippen LogP contribution in [0.3, 0.4) is 0 Å². The van der Waals surface area contributed by atoms with Crippen LogP contribution in [-0.2, 0) is 6.54 Å². The maximum atomic E-state index is 6.16. The number of benzene rings is 1. The molecule has 136 valence electrons. The maximum absolute atomic E-state index is 6.16. The summed E-state index contributed by atoms with van der Waals surface area (Å²) >= 11 is 12.2. The van der Waals surface area contributed by atoms with Gasteiger partial charge >= 0.3 is 0 Å². The molecule has 0 atom stereocenters. The zero-order valence-electron chi connectivity index (χ0n) is 15.4. The fraction of sp³-hybridized carbons (Fsp3) is 0.700. The van der Waals surface area contributed by atoms with Crippen molar-refractivity contribution in [3.05, 3.63) is 33.8 Å². The summed E-state index contributed by atoms with van der Waals surface area (Å²) in [6.07, 6.45) is 5.23. The lowest BCUT2D eigenvalue weighted by Gasteiger charge is -2.38. The molecule has 0 saturated carbocycles. The van der Waals surface area contributed by atoms with Gasteiger partial charge in [0.15, 0.2) is 0 Å². The fourth-order valence-electron chi connectivity index (χ4n) is 3.60. The first-order valence-electron chi connectivity index (χ1n) is 9.40. The topological polar surface area (TPSA) is 6.48 Å². The minimum absolute atomic E-state index is 0.637. The van der Waals surface area contributed by atoms with Crippen molar-refractivity contribution in [2.45, 2.75) is 59.0 Å². The highest BCUT2D eigenvalue weighted by Gasteiger charge is 2.23. The summed E-state index contributed by atoms with van der Waals surface area (Å²) in [6.45, 7) is 12.7. The molecule has 1 aliphatic rings. The molecule has 1 heterocycles. The van der Waals surface area contributed by atoms with Crippen LogP contribution in [0.25, 0.3) is 0 Å². The van der Waals surface area contributed by atoms with Gasteiger partial charge < -0.3 is 4.90 Å². The molecule has 2 nitrogen and oxygen atoms in total. The molecular formula is C20H32Cl2N2. The molecule has 1 aliphatic heterocycles. The number of hydrogen-bond acceptors (Lipinski definition) is 2. The van der Waals surface area contributed by atoms with Crippen molar-refractivity contribution < 1.29 is 0 Å². The van der Waals surface area contributed by atoms with Crippen LogP contribution < -0.4 is 0 Å². The smallest absolute Gasteiger partial charge is 0.0595 e. The number of likely N-dealkylation sites (tertiary alicyclic amines) is 1. The van der Waals surface area contributed by atoms with E-state index in [1.807, 2.05) is 12.1 Å². The number of halogens is 2. The Morgan fingerprint density at radius 3 is 2.46 bits per heavy atom. The summed E-state index contributed by atoms with van der Waals surface area (Å²) in [5.41, 5.74) is 1.26. The molecule has 0 radical (unpaired) electrons. The van der Waals surface area contributed by atoms with Gasteiger partial charge in [0, 0.05) is 12.6 Å². The molecular weight excluding hydrogens is 339 g/mol. The molecule has 0 bridgehead atoms. The van der Waals surface area contributed by atoms with Crippen LogP contribution >= 0.6 is 23.2 Å². The first-order chi connectivity index (χ1) is 11.5. The Labute approximate surface area is 158 Å². The lowest BCUT2D eigenvalue weighted by molar-refractivity contribution is 0.105. The quantitative estimate of drug-likeness (QED) is 0.577. The number of rotatable bonds is 8. The van der Waals surface area contributed by atoms with E-state index in [1.165, 1.54) is 50.9 Å². The Kier molecular flexibility index (Phi) is 8.36. The minimum atomic E-state index is 0.637. The van der Waals surface area contributed by atoms with Gasteiger partial charge in [-0.15, -0.1) is 0 Å². The van der Waals surface area contributed by atoms with Gasteiger partial charge in [-0.25, -0.2) is 0 Å². The first kappa shape index (κ1) is 20.0. The SMILES string of the molecule is CCN(Cc1ccc(Cl)c(Cl)c1)C1CCN(CCCC(C)C)CC1. The van der Waals surface area contributed by atoms with Gasteiger partial charge in [0.1, 0.15) is 0 Å². The predicted molar refractivity (Wildman–Crippen MR) is 106 cm³/mol. The highest BCUT2D eigenvalue weighted by atomic mass is 35.5. The molecule has 0 amide bonds. The van der Waals surface area contributed by atoms with E-state index in [1.54, 1.807) is 0 Å². The first-order valence-corrected chi connectivity index (χ1v) is 10.2. The van der Waals surface area contributed by atoms with E-state index in [9.17, 15) is 0 Å². The molecule has 2 rings (SSSR count). The zero-order chi connectivity index (χ0) is 17.5. The average Bonchev–Trinajstić information content (AvgIpc) is 2.56. The van der Waals surface area contributed by atoms with Gasteiger partial charge in [-0.2, -0.15) is 0 Å². The molecule has 0 aliphatic carbocycles. The van der Waals surface area contributed by atoms with Crippen molar-refractivity contribution >= 4 is 23.2 Å². The lowest BCUT2D eigenvalue weighted by Crippen LogP contribution is -2.44. The van der Waals surface area contributed by atoms with E-state index in [2.05, 4.69) is 36.6 Å². The number of nitrogens with zero attached hydrogens (tertiary/aromatic N) is 2. The van der Waals surface area contributed by atoms with Gasteiger partial charge in [-0.05, 0) is 75.5 Å². The molecule has 1 aromatic rings. The molecule has 0 aromatic heterocycles. The van der Waals surface area contributed by atoms with Gasteiger partial charge in [0.2, 0.25) is 0 Å². The fourth-order valence-corrected chi connectivity index (χ4v) is 3.92. The van der Waals surface area contributed by atoms with Crippen LogP contribution in [0.2, 0.25) is 10.0 Å². The molecule has 4 heteroatoms. The van der Waals surface area contributed by atoms with E-state index in [0.29, 0.717) is 16.1 Å². The van der Waals surface area contributed by atoms with Crippen LogP contribution in [-0.4, -0.2) is 42.0 Å². The molecule has 24 heavy (non-hydrogen) atoms. The predicted octanol–water partition coefficient (Wildman–Crippen LogP) is 5.72. The summed E-state index contributed by atoms with van der Waals surface area (Å²) in [4.78, 5) is 5.23. The van der Waals surface area contributed by atoms with Crippen molar-refractivity contribution in [3.8, 4) is 0 Å². The third-order valence-electron chi connectivity index (χ3n) is 5.11. The van der Waals surface area contributed by atoms with Crippen LogP contribution in [0, 0.1) is 5.92 Å². The van der Waals surface area contributed by atoms with E-state index in [-0.39, 0.29) is 0 Å². The van der Waals surface area contributed by atoms with Crippen molar-refractivity contribution in [2.24, 2.45) is 5.92 Å². The Morgan fingerprint density at radius 1 is 1.17 bits per heavy atom. The number of piperidine rings is 1. The molecule has 1 aromatic carbocycles. The lowest BCUT2D eigenvalue weighted by atomic mass is 10.0. The standard InChI is InChI=1S/C20H32Cl2N2/c1-4-24(15-17-7-8-19(21)20(22)14-17)18-9-12-23(13-10-18)11-5-6-16(2)3/h7-8,14,16,18H,4-6,9-13,15H2,1-3H3. The summed E-state index contributed by atoms with van der Waals surface area (Å²) in [5, 5.41) is 1.29. The van der Waals surface area contributed by atoms with E-state index < -0.39 is 0 Å². The van der Waals surface area contributed by atoms with Crippen molar-refractivity contribution in [3.63, 3.8) is 0 Å². The van der Waals surface area contributed by atoms with Crippen molar-refractivity contribution in [1.29, 1.82) is 0 Å². The highest BCUT2D eigenvalue weighted by Crippen LogP contribution is 2.25. The van der Waals surface area contributed by atoms with E-state index in [0.717, 1.165) is 19.0 Å². The van der Waals surface area contributed by atoms with Crippen molar-refractivity contribution in [1.82, 2.24) is 9.80 Å². The van der Waals surface area contributed by atoms with Crippen LogP contribution in [0.4, 0.5) is 0 Å². The second kappa shape index (κ2) is 10.0.